The van der Waals surface area contributed by atoms with Crippen molar-refractivity contribution in [1.82, 2.24) is 20.6 Å². The van der Waals surface area contributed by atoms with Gasteiger partial charge in [0.1, 0.15) is 5.82 Å². The number of carbonyl (C=O) groups excluding carboxylic acids is 1. The summed E-state index contributed by atoms with van der Waals surface area (Å²) in [4.78, 5) is 19.3. The lowest BCUT2D eigenvalue weighted by atomic mass is 10.0. The molecule has 1 amide bonds. The molecule has 2 rings (SSSR count). The number of ether oxygens (including phenoxy) is 1. The molecule has 1 aliphatic heterocycles. The highest BCUT2D eigenvalue weighted by Crippen LogP contribution is 2.16. The van der Waals surface area contributed by atoms with Crippen LogP contribution < -0.4 is 10.6 Å². The van der Waals surface area contributed by atoms with Crippen LogP contribution >= 0.6 is 0 Å². The molecule has 18 heavy (non-hydrogen) atoms. The molecule has 0 spiro atoms. The second kappa shape index (κ2) is 5.97. The van der Waals surface area contributed by atoms with Gasteiger partial charge in [-0.05, 0) is 13.5 Å². The number of carbonyl (C=O) groups is 1. The van der Waals surface area contributed by atoms with Crippen molar-refractivity contribution in [1.29, 1.82) is 0 Å². The Morgan fingerprint density at radius 3 is 3.17 bits per heavy atom. The third-order valence-corrected chi connectivity index (χ3v) is 3.17. The van der Waals surface area contributed by atoms with Crippen molar-refractivity contribution in [3.63, 3.8) is 0 Å². The Morgan fingerprint density at radius 2 is 2.50 bits per heavy atom. The first-order valence-corrected chi connectivity index (χ1v) is 6.33. The van der Waals surface area contributed by atoms with Crippen LogP contribution in [0.2, 0.25) is 0 Å². The maximum atomic E-state index is 12.2. The van der Waals surface area contributed by atoms with Crippen molar-refractivity contribution in [2.75, 3.05) is 19.8 Å². The Bertz CT molecular complexity index is 379. The summed E-state index contributed by atoms with van der Waals surface area (Å²) in [5.41, 5.74) is 0. The molecule has 6 heteroatoms. The van der Waals surface area contributed by atoms with Gasteiger partial charge >= 0.3 is 0 Å². The number of aromatic nitrogens is 2. The van der Waals surface area contributed by atoms with Gasteiger partial charge in [-0.3, -0.25) is 4.79 Å². The summed E-state index contributed by atoms with van der Waals surface area (Å²) in [7, 11) is 0. The second-order valence-corrected chi connectivity index (χ2v) is 4.51. The summed E-state index contributed by atoms with van der Waals surface area (Å²) >= 11 is 0. The number of nitrogens with one attached hydrogen (secondary N) is 3. The van der Waals surface area contributed by atoms with Gasteiger partial charge in [-0.2, -0.15) is 0 Å². The average molecular weight is 252 g/mol. The van der Waals surface area contributed by atoms with Crippen molar-refractivity contribution >= 4 is 5.91 Å². The molecule has 3 atom stereocenters. The molecule has 1 aromatic rings. The first-order valence-electron chi connectivity index (χ1n) is 6.33. The number of hydrogen-bond donors (Lipinski definition) is 3. The molecular formula is C12H20N4O2. The van der Waals surface area contributed by atoms with Crippen molar-refractivity contribution in [2.45, 2.75) is 25.9 Å². The minimum Gasteiger partial charge on any atom is -0.379 e. The topological polar surface area (TPSA) is 79.0 Å². The van der Waals surface area contributed by atoms with E-state index in [1.165, 1.54) is 0 Å². The normalized spacial score (nSPS) is 25.0. The van der Waals surface area contributed by atoms with Crippen LogP contribution in [0.15, 0.2) is 12.4 Å². The number of likely N-dealkylation sites (N-methyl/N-ethyl adjacent to an activating group) is 1. The Morgan fingerprint density at radius 1 is 1.67 bits per heavy atom. The third-order valence-electron chi connectivity index (χ3n) is 3.17. The predicted molar refractivity (Wildman–Crippen MR) is 66.9 cm³/mol. The Balaban J connectivity index is 1.91. The summed E-state index contributed by atoms with van der Waals surface area (Å²) in [6, 6.07) is -0.00539. The van der Waals surface area contributed by atoms with Gasteiger partial charge < -0.3 is 20.4 Å². The molecule has 1 aliphatic rings. The van der Waals surface area contributed by atoms with Crippen LogP contribution in [0.5, 0.6) is 0 Å². The van der Waals surface area contributed by atoms with E-state index < -0.39 is 0 Å². The number of H-pyrrole nitrogens is 1. The fourth-order valence-electron chi connectivity index (χ4n) is 2.18. The van der Waals surface area contributed by atoms with Gasteiger partial charge in [0, 0.05) is 18.4 Å². The van der Waals surface area contributed by atoms with Crippen molar-refractivity contribution in [3.8, 4) is 0 Å². The smallest absolute Gasteiger partial charge is 0.227 e. The molecule has 1 fully saturated rings. The number of hydrogen-bond acceptors (Lipinski definition) is 4. The van der Waals surface area contributed by atoms with Gasteiger partial charge in [-0.1, -0.05) is 6.92 Å². The molecule has 0 aromatic carbocycles. The summed E-state index contributed by atoms with van der Waals surface area (Å²) < 4.78 is 5.37. The van der Waals surface area contributed by atoms with E-state index in [4.69, 9.17) is 4.74 Å². The van der Waals surface area contributed by atoms with Crippen molar-refractivity contribution in [2.24, 2.45) is 5.92 Å². The monoisotopic (exact) mass is 252 g/mol. The molecular weight excluding hydrogens is 232 g/mol. The van der Waals surface area contributed by atoms with E-state index in [0.29, 0.717) is 13.2 Å². The van der Waals surface area contributed by atoms with Crippen molar-refractivity contribution in [3.05, 3.63) is 18.2 Å². The van der Waals surface area contributed by atoms with Crippen LogP contribution in [0.1, 0.15) is 25.7 Å². The van der Waals surface area contributed by atoms with Crippen LogP contribution in [-0.2, 0) is 9.53 Å². The number of amides is 1. The van der Waals surface area contributed by atoms with Crippen LogP contribution in [0.3, 0.4) is 0 Å². The van der Waals surface area contributed by atoms with Crippen LogP contribution in [-0.4, -0.2) is 41.7 Å². The molecule has 3 N–H and O–H groups in total. The highest BCUT2D eigenvalue weighted by Gasteiger charge is 2.34. The molecule has 6 nitrogen and oxygen atoms in total. The maximum Gasteiger partial charge on any atom is 0.227 e. The van der Waals surface area contributed by atoms with Crippen molar-refractivity contribution < 1.29 is 9.53 Å². The fourth-order valence-corrected chi connectivity index (χ4v) is 2.18. The minimum absolute atomic E-state index is 0.0161. The number of nitrogens with zero attached hydrogens (tertiary/aromatic N) is 1. The molecule has 0 bridgehead atoms. The zero-order valence-corrected chi connectivity index (χ0v) is 10.8. The zero-order chi connectivity index (χ0) is 13.0. The average Bonchev–Trinajstić information content (AvgIpc) is 3.00. The van der Waals surface area contributed by atoms with E-state index in [0.717, 1.165) is 12.4 Å². The van der Waals surface area contributed by atoms with E-state index >= 15 is 0 Å². The van der Waals surface area contributed by atoms with Gasteiger partial charge in [0.15, 0.2) is 0 Å². The van der Waals surface area contributed by atoms with Gasteiger partial charge in [0.05, 0.1) is 25.2 Å². The van der Waals surface area contributed by atoms with Crippen LogP contribution in [0.4, 0.5) is 0 Å². The first-order chi connectivity index (χ1) is 8.72. The molecule has 3 unspecified atom stereocenters. The number of imidazole rings is 1. The van der Waals surface area contributed by atoms with E-state index in [1.807, 2.05) is 13.8 Å². The zero-order valence-electron chi connectivity index (χ0n) is 10.8. The summed E-state index contributed by atoms with van der Waals surface area (Å²) in [6.45, 7) is 5.86. The van der Waals surface area contributed by atoms with Gasteiger partial charge in [0.2, 0.25) is 5.91 Å². The van der Waals surface area contributed by atoms with Crippen LogP contribution in [0.25, 0.3) is 0 Å². The highest BCUT2D eigenvalue weighted by molar-refractivity contribution is 5.80. The highest BCUT2D eigenvalue weighted by atomic mass is 16.5. The molecule has 0 radical (unpaired) electrons. The molecule has 1 saturated heterocycles. The van der Waals surface area contributed by atoms with Gasteiger partial charge in [-0.25, -0.2) is 4.98 Å². The lowest BCUT2D eigenvalue weighted by molar-refractivity contribution is -0.126. The Hall–Kier alpha value is -1.40. The van der Waals surface area contributed by atoms with E-state index in [1.54, 1.807) is 12.4 Å². The number of aromatic amines is 1. The SMILES string of the molecule is CCNC1COCC1C(=O)NC(C)c1ncc[nH]1. The Kier molecular flexibility index (Phi) is 4.33. The third kappa shape index (κ3) is 2.88. The predicted octanol–water partition coefficient (Wildman–Crippen LogP) is 0.211. The summed E-state index contributed by atoms with van der Waals surface area (Å²) in [5.74, 6) is 0.659. The quantitative estimate of drug-likeness (QED) is 0.700. The molecule has 100 valence electrons. The second-order valence-electron chi connectivity index (χ2n) is 4.51. The van der Waals surface area contributed by atoms with Gasteiger partial charge in [0.25, 0.3) is 0 Å². The lowest BCUT2D eigenvalue weighted by Crippen LogP contribution is -2.44. The first kappa shape index (κ1) is 13.0. The molecule has 1 aromatic heterocycles. The van der Waals surface area contributed by atoms with Crippen LogP contribution in [0, 0.1) is 5.92 Å². The summed E-state index contributed by atoms with van der Waals surface area (Å²) in [5, 5.41) is 6.23. The molecule has 2 heterocycles. The lowest BCUT2D eigenvalue weighted by Gasteiger charge is -2.20. The number of rotatable bonds is 5. The minimum atomic E-state index is -0.123. The van der Waals surface area contributed by atoms with E-state index in [-0.39, 0.29) is 23.9 Å². The summed E-state index contributed by atoms with van der Waals surface area (Å²) in [6.07, 6.45) is 3.43. The maximum absolute atomic E-state index is 12.2. The molecule has 0 saturated carbocycles. The van der Waals surface area contributed by atoms with Gasteiger partial charge in [-0.15, -0.1) is 0 Å². The van der Waals surface area contributed by atoms with E-state index in [9.17, 15) is 4.79 Å². The largest absolute Gasteiger partial charge is 0.379 e. The van der Waals surface area contributed by atoms with E-state index in [2.05, 4.69) is 20.6 Å². The standard InChI is InChI=1S/C12H20N4O2/c1-3-13-10-7-18-6-9(10)12(17)16-8(2)11-14-4-5-15-11/h4-5,8-10,13H,3,6-7H2,1-2H3,(H,14,15)(H,16,17). The fraction of sp³-hybridized carbons (Fsp3) is 0.667. The Labute approximate surface area is 107 Å². The molecule has 0 aliphatic carbocycles.